The first-order valence-electron chi connectivity index (χ1n) is 10.8. The van der Waals surface area contributed by atoms with Crippen molar-refractivity contribution in [1.29, 1.82) is 5.26 Å². The summed E-state index contributed by atoms with van der Waals surface area (Å²) >= 11 is 0. The Balaban J connectivity index is 1.63. The first-order valence-corrected chi connectivity index (χ1v) is 10.8. The van der Waals surface area contributed by atoms with Crippen molar-refractivity contribution in [3.63, 3.8) is 0 Å². The van der Waals surface area contributed by atoms with Crippen LogP contribution >= 0.6 is 0 Å². The van der Waals surface area contributed by atoms with Gasteiger partial charge >= 0.3 is 0 Å². The molecule has 0 spiro atoms. The number of rotatable bonds is 8. The molecule has 2 fully saturated rings. The van der Waals surface area contributed by atoms with Crippen molar-refractivity contribution in [3.05, 3.63) is 36.2 Å². The topological polar surface area (TPSA) is 23.8 Å². The van der Waals surface area contributed by atoms with E-state index in [0.29, 0.717) is 5.92 Å². The Kier molecular flexibility index (Phi) is 9.75. The van der Waals surface area contributed by atoms with E-state index in [-0.39, 0.29) is 0 Å². The minimum absolute atomic E-state index is 0.543. The summed E-state index contributed by atoms with van der Waals surface area (Å²) in [6.07, 6.45) is 26.2. The van der Waals surface area contributed by atoms with Crippen LogP contribution in [0.4, 0.5) is 4.39 Å². The molecule has 2 aliphatic rings. The maximum absolute atomic E-state index is 12.8. The molecule has 0 heterocycles. The summed E-state index contributed by atoms with van der Waals surface area (Å²) in [5.41, 5.74) is 0. The van der Waals surface area contributed by atoms with Crippen molar-refractivity contribution in [2.75, 3.05) is 0 Å². The Bertz CT molecular complexity index is 509. The van der Waals surface area contributed by atoms with E-state index in [2.05, 4.69) is 25.2 Å². The molecule has 0 atom stereocenters. The highest BCUT2D eigenvalue weighted by Gasteiger charge is 2.21. The van der Waals surface area contributed by atoms with Crippen molar-refractivity contribution < 1.29 is 4.39 Å². The number of hydrogen-bond acceptors (Lipinski definition) is 1. The van der Waals surface area contributed by atoms with Gasteiger partial charge in [-0.1, -0.05) is 56.9 Å². The smallest absolute Gasteiger partial charge is 0.195 e. The van der Waals surface area contributed by atoms with E-state index >= 15 is 0 Å². The molecule has 0 amide bonds. The summed E-state index contributed by atoms with van der Waals surface area (Å²) in [6.45, 7) is 2.29. The van der Waals surface area contributed by atoms with Crippen LogP contribution in [0.1, 0.15) is 84.0 Å². The number of allylic oxidation sites excluding steroid dienone is 6. The zero-order valence-corrected chi connectivity index (χ0v) is 16.5. The van der Waals surface area contributed by atoms with E-state index < -0.39 is 5.83 Å². The van der Waals surface area contributed by atoms with Gasteiger partial charge in [-0.3, -0.25) is 0 Å². The normalized spacial score (nSPS) is 30.7. The van der Waals surface area contributed by atoms with Gasteiger partial charge in [-0.05, 0) is 81.1 Å². The van der Waals surface area contributed by atoms with Gasteiger partial charge in [0.1, 0.15) is 6.07 Å². The second-order valence-electron chi connectivity index (χ2n) is 8.35. The maximum Gasteiger partial charge on any atom is 0.199 e. The van der Waals surface area contributed by atoms with Crippen LogP contribution in [0.3, 0.4) is 0 Å². The fraction of sp³-hybridized carbons (Fsp3) is 0.708. The van der Waals surface area contributed by atoms with Gasteiger partial charge in [0.05, 0.1) is 0 Å². The van der Waals surface area contributed by atoms with Gasteiger partial charge < -0.3 is 0 Å². The Labute approximate surface area is 160 Å². The number of halogens is 1. The molecule has 0 bridgehead atoms. The lowest BCUT2D eigenvalue weighted by Crippen LogP contribution is -2.14. The van der Waals surface area contributed by atoms with E-state index in [9.17, 15) is 4.39 Å². The van der Waals surface area contributed by atoms with Gasteiger partial charge in [-0.2, -0.15) is 9.65 Å². The minimum Gasteiger partial charge on any atom is -0.195 e. The lowest BCUT2D eigenvalue weighted by atomic mass is 9.78. The lowest BCUT2D eigenvalue weighted by molar-refractivity contribution is 0.287. The van der Waals surface area contributed by atoms with Gasteiger partial charge in [-0.15, -0.1) is 0 Å². The van der Waals surface area contributed by atoms with Crippen LogP contribution in [0, 0.1) is 35.0 Å². The van der Waals surface area contributed by atoms with Crippen molar-refractivity contribution in [3.8, 4) is 6.07 Å². The van der Waals surface area contributed by atoms with Crippen LogP contribution < -0.4 is 0 Å². The summed E-state index contributed by atoms with van der Waals surface area (Å²) < 4.78 is 12.8. The molecule has 2 rings (SSSR count). The van der Waals surface area contributed by atoms with Crippen LogP contribution in [-0.2, 0) is 0 Å². The van der Waals surface area contributed by atoms with Crippen molar-refractivity contribution >= 4 is 0 Å². The Morgan fingerprint density at radius 3 is 1.96 bits per heavy atom. The Morgan fingerprint density at radius 1 is 0.885 bits per heavy atom. The fourth-order valence-corrected chi connectivity index (χ4v) is 4.53. The highest BCUT2D eigenvalue weighted by atomic mass is 19.1. The fourth-order valence-electron chi connectivity index (χ4n) is 4.53. The molecule has 2 heteroatoms. The van der Waals surface area contributed by atoms with E-state index in [1.165, 1.54) is 89.2 Å². The highest BCUT2D eigenvalue weighted by molar-refractivity contribution is 5.19. The van der Waals surface area contributed by atoms with Crippen LogP contribution in [-0.4, -0.2) is 0 Å². The van der Waals surface area contributed by atoms with Crippen molar-refractivity contribution in [1.82, 2.24) is 0 Å². The van der Waals surface area contributed by atoms with Crippen LogP contribution in [0.2, 0.25) is 0 Å². The van der Waals surface area contributed by atoms with Gasteiger partial charge in [-0.25, -0.2) is 0 Å². The highest BCUT2D eigenvalue weighted by Crippen LogP contribution is 2.35. The summed E-state index contributed by atoms with van der Waals surface area (Å²) in [5, 5.41) is 8.40. The molecule has 1 nitrogen and oxygen atoms in total. The average Bonchev–Trinajstić information content (AvgIpc) is 2.68. The monoisotopic (exact) mass is 357 g/mol. The van der Waals surface area contributed by atoms with Crippen LogP contribution in [0.25, 0.3) is 0 Å². The van der Waals surface area contributed by atoms with Gasteiger partial charge in [0.25, 0.3) is 0 Å². The number of hydrogen-bond donors (Lipinski definition) is 0. The van der Waals surface area contributed by atoms with Gasteiger partial charge in [0.2, 0.25) is 0 Å². The zero-order chi connectivity index (χ0) is 18.6. The molecule has 0 saturated heterocycles. The molecule has 0 aromatic heterocycles. The Morgan fingerprint density at radius 2 is 1.42 bits per heavy atom. The third-order valence-corrected chi connectivity index (χ3v) is 6.31. The maximum atomic E-state index is 12.8. The second-order valence-corrected chi connectivity index (χ2v) is 8.35. The first-order chi connectivity index (χ1) is 12.7. The second kappa shape index (κ2) is 12.1. The minimum atomic E-state index is -0.710. The molecule has 0 aromatic carbocycles. The summed E-state index contributed by atoms with van der Waals surface area (Å²) in [7, 11) is 0. The predicted octanol–water partition coefficient (Wildman–Crippen LogP) is 7.67. The molecular weight excluding hydrogens is 321 g/mol. The average molecular weight is 358 g/mol. The van der Waals surface area contributed by atoms with E-state index in [0.717, 1.165) is 17.8 Å². The molecule has 0 N–H and O–H groups in total. The number of nitriles is 1. The van der Waals surface area contributed by atoms with Gasteiger partial charge in [0, 0.05) is 0 Å². The third-order valence-electron chi connectivity index (χ3n) is 6.31. The van der Waals surface area contributed by atoms with E-state index in [4.69, 9.17) is 5.26 Å². The molecule has 0 unspecified atom stereocenters. The standard InChI is InChI=1S/C24H36FN/c1-2-3-4-6-20-9-13-22(14-10-20)17-18-23-15-11-21(12-16-23)7-5-8-24(25)19-26/h5,7-8,17-18,20-23H,2-4,6,9-16H2,1H3/t20-,21-,22-,23-. The van der Waals surface area contributed by atoms with Gasteiger partial charge in [0.15, 0.2) is 5.83 Å². The number of nitrogens with zero attached hydrogens (tertiary/aromatic N) is 1. The Hall–Kier alpha value is -1.36. The SMILES string of the molecule is CCCCC[C@H]1CC[C@H](C=C[C@H]2CC[C@H](C=CC=C(F)C#N)CC2)CC1. The summed E-state index contributed by atoms with van der Waals surface area (Å²) in [4.78, 5) is 0. The molecule has 144 valence electrons. The van der Waals surface area contributed by atoms with Crippen molar-refractivity contribution in [2.45, 2.75) is 84.0 Å². The molecule has 2 saturated carbocycles. The lowest BCUT2D eigenvalue weighted by Gasteiger charge is -2.28. The van der Waals surface area contributed by atoms with Crippen LogP contribution in [0.5, 0.6) is 0 Å². The molecular formula is C24H36FN. The predicted molar refractivity (Wildman–Crippen MR) is 108 cm³/mol. The number of unbranched alkanes of at least 4 members (excludes halogenated alkanes) is 2. The summed E-state index contributed by atoms with van der Waals surface area (Å²) in [5.74, 6) is 2.37. The molecule has 26 heavy (non-hydrogen) atoms. The molecule has 0 aromatic rings. The van der Waals surface area contributed by atoms with Crippen molar-refractivity contribution in [2.24, 2.45) is 23.7 Å². The largest absolute Gasteiger partial charge is 0.199 e. The van der Waals surface area contributed by atoms with E-state index in [1.54, 1.807) is 6.08 Å². The van der Waals surface area contributed by atoms with E-state index in [1.807, 2.05) is 0 Å². The molecule has 0 radical (unpaired) electrons. The molecule has 2 aliphatic carbocycles. The summed E-state index contributed by atoms with van der Waals surface area (Å²) in [6, 6.07) is 1.51. The quantitative estimate of drug-likeness (QED) is 0.189. The first kappa shape index (κ1) is 20.9. The third kappa shape index (κ3) is 7.90. The zero-order valence-electron chi connectivity index (χ0n) is 16.5. The van der Waals surface area contributed by atoms with Crippen LogP contribution in [0.15, 0.2) is 36.2 Å². The molecule has 0 aliphatic heterocycles.